The fourth-order valence-corrected chi connectivity index (χ4v) is 5.80. The third-order valence-corrected chi connectivity index (χ3v) is 8.14. The molecule has 3 aromatic rings. The van der Waals surface area contributed by atoms with Crippen LogP contribution < -0.4 is 10.6 Å². The van der Waals surface area contributed by atoms with Crippen molar-refractivity contribution in [3.8, 4) is 0 Å². The lowest BCUT2D eigenvalue weighted by Gasteiger charge is -2.33. The fraction of sp³-hybridized carbons (Fsp3) is 0.600. The van der Waals surface area contributed by atoms with Gasteiger partial charge in [-0.15, -0.1) is 0 Å². The van der Waals surface area contributed by atoms with Crippen molar-refractivity contribution in [2.45, 2.75) is 75.7 Å². The molecule has 3 amide bonds. The number of fused-ring (bicyclic) bond motifs is 1. The van der Waals surface area contributed by atoms with E-state index < -0.39 is 48.7 Å². The van der Waals surface area contributed by atoms with Crippen LogP contribution in [0.2, 0.25) is 0 Å². The molecular weight excluding hydrogens is 555 g/mol. The van der Waals surface area contributed by atoms with Crippen LogP contribution >= 0.6 is 0 Å². The number of halogens is 5. The highest BCUT2D eigenvalue weighted by atomic mass is 19.4. The smallest absolute Gasteiger partial charge is 0.342 e. The fourth-order valence-electron chi connectivity index (χ4n) is 5.80. The van der Waals surface area contributed by atoms with Crippen LogP contribution in [0.1, 0.15) is 78.0 Å². The van der Waals surface area contributed by atoms with Crippen molar-refractivity contribution in [3.05, 3.63) is 41.1 Å². The quantitative estimate of drug-likeness (QED) is 0.401. The molecule has 220 valence electrons. The number of nitrogens with one attached hydrogen (secondary N) is 2. The number of rotatable bonds is 7. The number of carbonyl (C=O) groups excluding carboxylic acids is 2. The monoisotopic (exact) mass is 582 g/mol. The van der Waals surface area contributed by atoms with Gasteiger partial charge in [0.1, 0.15) is 11.7 Å². The van der Waals surface area contributed by atoms with Gasteiger partial charge in [0.25, 0.3) is 5.91 Å². The molecule has 2 saturated carbocycles. The summed E-state index contributed by atoms with van der Waals surface area (Å²) in [5.41, 5.74) is 1.50. The number of amides is 3. The Morgan fingerprint density at radius 3 is 2.51 bits per heavy atom. The van der Waals surface area contributed by atoms with Crippen LogP contribution in [-0.4, -0.2) is 66.4 Å². The number of alkyl halides is 5. The molecule has 3 fully saturated rings. The van der Waals surface area contributed by atoms with Gasteiger partial charge in [0.15, 0.2) is 11.3 Å². The molecular formula is C25H27F5N8O3. The van der Waals surface area contributed by atoms with Crippen LogP contribution in [0.4, 0.5) is 26.7 Å². The van der Waals surface area contributed by atoms with E-state index in [2.05, 4.69) is 30.3 Å². The van der Waals surface area contributed by atoms with Crippen molar-refractivity contribution in [3.63, 3.8) is 0 Å². The van der Waals surface area contributed by atoms with Gasteiger partial charge in [0.2, 0.25) is 5.92 Å². The van der Waals surface area contributed by atoms with Gasteiger partial charge >= 0.3 is 12.2 Å². The minimum absolute atomic E-state index is 0.0123. The highest BCUT2D eigenvalue weighted by molar-refractivity contribution is 5.93. The van der Waals surface area contributed by atoms with Gasteiger partial charge in [-0.2, -0.15) is 18.3 Å². The van der Waals surface area contributed by atoms with Crippen LogP contribution in [-0.2, 0) is 0 Å². The second kappa shape index (κ2) is 9.91. The lowest BCUT2D eigenvalue weighted by atomic mass is 9.81. The van der Waals surface area contributed by atoms with E-state index >= 15 is 0 Å². The van der Waals surface area contributed by atoms with E-state index in [1.165, 1.54) is 15.6 Å². The zero-order chi connectivity index (χ0) is 29.1. The topological polar surface area (TPSA) is 131 Å². The van der Waals surface area contributed by atoms with Crippen molar-refractivity contribution < 1.29 is 36.2 Å². The summed E-state index contributed by atoms with van der Waals surface area (Å²) in [6, 6.07) is -2.45. The van der Waals surface area contributed by atoms with Gasteiger partial charge in [-0.05, 0) is 61.2 Å². The Kier molecular flexibility index (Phi) is 6.60. The number of carbonyl (C=O) groups is 2. The number of urea groups is 1. The summed E-state index contributed by atoms with van der Waals surface area (Å²) in [6.45, 7) is 1.04. The lowest BCUT2D eigenvalue weighted by molar-refractivity contribution is -0.150. The van der Waals surface area contributed by atoms with E-state index in [4.69, 9.17) is 0 Å². The first-order valence-corrected chi connectivity index (χ1v) is 13.4. The van der Waals surface area contributed by atoms with Crippen LogP contribution in [0.25, 0.3) is 5.65 Å². The molecule has 0 radical (unpaired) electrons. The number of aromatic nitrogens is 5. The molecule has 2 N–H and O–H groups in total. The molecule has 0 aromatic carbocycles. The van der Waals surface area contributed by atoms with Gasteiger partial charge in [-0.3, -0.25) is 4.79 Å². The molecule has 3 aliphatic rings. The first kappa shape index (κ1) is 27.3. The molecule has 1 aliphatic heterocycles. The average molecular weight is 583 g/mol. The SMILES string of the molecule is Cc1nonc1C(=O)N[C@H](c1cn2ncc([C@@H](C3CC3)N3CC(C(F)(F)F)NC3=O)cc2n1)C1CCC(F)(F)CC1. The van der Waals surface area contributed by atoms with Crippen molar-refractivity contribution >= 4 is 17.6 Å². The molecule has 0 spiro atoms. The van der Waals surface area contributed by atoms with E-state index in [1.807, 2.05) is 5.32 Å². The van der Waals surface area contributed by atoms with Crippen molar-refractivity contribution in [2.75, 3.05) is 6.54 Å². The van der Waals surface area contributed by atoms with Crippen molar-refractivity contribution in [1.82, 2.24) is 40.4 Å². The van der Waals surface area contributed by atoms with Crippen LogP contribution in [0.3, 0.4) is 0 Å². The van der Waals surface area contributed by atoms with E-state index in [-0.39, 0.29) is 48.9 Å². The van der Waals surface area contributed by atoms with Gasteiger partial charge in [-0.1, -0.05) is 5.16 Å². The molecule has 1 unspecified atom stereocenters. The van der Waals surface area contributed by atoms with Gasteiger partial charge in [0.05, 0.1) is 36.7 Å². The summed E-state index contributed by atoms with van der Waals surface area (Å²) in [5, 5.41) is 16.5. The molecule has 11 nitrogen and oxygen atoms in total. The Morgan fingerprint density at radius 2 is 1.90 bits per heavy atom. The zero-order valence-electron chi connectivity index (χ0n) is 21.9. The van der Waals surface area contributed by atoms with Crippen molar-refractivity contribution in [2.24, 2.45) is 11.8 Å². The first-order valence-electron chi connectivity index (χ1n) is 13.4. The summed E-state index contributed by atoms with van der Waals surface area (Å²) < 4.78 is 73.9. The highest BCUT2D eigenvalue weighted by Gasteiger charge is 2.51. The number of hydrogen-bond donors (Lipinski definition) is 2. The molecule has 3 aromatic heterocycles. The number of nitrogens with zero attached hydrogens (tertiary/aromatic N) is 6. The van der Waals surface area contributed by atoms with E-state index in [0.29, 0.717) is 16.9 Å². The molecule has 2 aliphatic carbocycles. The van der Waals surface area contributed by atoms with E-state index in [0.717, 1.165) is 12.8 Å². The van der Waals surface area contributed by atoms with Crippen molar-refractivity contribution in [1.29, 1.82) is 0 Å². The Labute approximate surface area is 229 Å². The van der Waals surface area contributed by atoms with Gasteiger partial charge in [-0.25, -0.2) is 27.7 Å². The molecule has 41 heavy (non-hydrogen) atoms. The Hall–Kier alpha value is -3.85. The number of aryl methyl sites for hydroxylation is 1. The Balaban J connectivity index is 1.30. The predicted octanol–water partition coefficient (Wildman–Crippen LogP) is 4.12. The van der Waals surface area contributed by atoms with Crippen LogP contribution in [0, 0.1) is 18.8 Å². The van der Waals surface area contributed by atoms with Gasteiger partial charge < -0.3 is 15.5 Å². The third-order valence-electron chi connectivity index (χ3n) is 8.14. The maximum Gasteiger partial charge on any atom is 0.410 e. The summed E-state index contributed by atoms with van der Waals surface area (Å²) in [7, 11) is 0. The summed E-state index contributed by atoms with van der Waals surface area (Å²) in [4.78, 5) is 31.4. The average Bonchev–Trinajstić information content (AvgIpc) is 3.29. The molecule has 0 bridgehead atoms. The third kappa shape index (κ3) is 5.43. The summed E-state index contributed by atoms with van der Waals surface area (Å²) >= 11 is 0. The predicted molar refractivity (Wildman–Crippen MR) is 130 cm³/mol. The van der Waals surface area contributed by atoms with Gasteiger partial charge in [0, 0.05) is 12.8 Å². The Bertz CT molecular complexity index is 1460. The maximum absolute atomic E-state index is 13.9. The Morgan fingerprint density at radius 1 is 1.17 bits per heavy atom. The molecule has 3 atom stereocenters. The minimum atomic E-state index is -4.57. The minimum Gasteiger partial charge on any atom is -0.342 e. The highest BCUT2D eigenvalue weighted by Crippen LogP contribution is 2.46. The number of imidazole rings is 1. The number of hydrogen-bond acceptors (Lipinski definition) is 7. The second-order valence-corrected chi connectivity index (χ2v) is 11.1. The summed E-state index contributed by atoms with van der Waals surface area (Å²) in [6.07, 6.45) is -0.340. The van der Waals surface area contributed by atoms with E-state index in [9.17, 15) is 31.5 Å². The first-order chi connectivity index (χ1) is 19.4. The maximum atomic E-state index is 13.9. The second-order valence-electron chi connectivity index (χ2n) is 11.1. The normalized spacial score (nSPS) is 23.0. The lowest BCUT2D eigenvalue weighted by Crippen LogP contribution is -2.40. The van der Waals surface area contributed by atoms with Crippen LogP contribution in [0.15, 0.2) is 23.1 Å². The molecule has 16 heteroatoms. The zero-order valence-corrected chi connectivity index (χ0v) is 21.9. The summed E-state index contributed by atoms with van der Waals surface area (Å²) in [5.74, 6) is -3.74. The largest absolute Gasteiger partial charge is 0.410 e. The molecule has 1 saturated heterocycles. The molecule has 4 heterocycles. The van der Waals surface area contributed by atoms with E-state index in [1.54, 1.807) is 19.2 Å². The standard InChI is InChI=1S/C25H27F5N8O3/c1-12-19(36-41-35-12)22(39)34-20(13-4-6-24(26,27)7-5-13)16-10-38-18(32-16)8-15(9-31-38)21(14-2-3-14)37-11-17(25(28,29)30)33-23(37)40/h8-10,13-14,17,20-21H,2-7,11H2,1H3,(H,33,40)(H,34,39)/t17?,20-,21+/m0/s1. The van der Waals surface area contributed by atoms with Crippen LogP contribution in [0.5, 0.6) is 0 Å². The molecule has 6 rings (SSSR count).